The summed E-state index contributed by atoms with van der Waals surface area (Å²) in [5.41, 5.74) is -1.06. The lowest BCUT2D eigenvalue weighted by Crippen LogP contribution is -2.08. The number of aromatic nitrogens is 3. The van der Waals surface area contributed by atoms with Crippen molar-refractivity contribution in [3.8, 4) is 0 Å². The molecule has 0 spiro atoms. The van der Waals surface area contributed by atoms with Gasteiger partial charge in [-0.15, -0.1) is 10.2 Å². The van der Waals surface area contributed by atoms with Crippen LogP contribution in [0.25, 0.3) is 5.65 Å². The van der Waals surface area contributed by atoms with E-state index in [9.17, 15) is 13.2 Å². The summed E-state index contributed by atoms with van der Waals surface area (Å²) in [5, 5.41) is 15.8. The van der Waals surface area contributed by atoms with Crippen molar-refractivity contribution < 1.29 is 18.3 Å². The second-order valence-corrected chi connectivity index (χ2v) is 3.20. The molecule has 1 N–H and O–H groups in total. The largest absolute Gasteiger partial charge is 0.420 e. The van der Waals surface area contributed by atoms with Gasteiger partial charge in [0.2, 0.25) is 0 Å². The van der Waals surface area contributed by atoms with E-state index in [2.05, 4.69) is 10.2 Å². The van der Waals surface area contributed by atoms with E-state index in [0.717, 1.165) is 6.07 Å². The van der Waals surface area contributed by atoms with Gasteiger partial charge in [-0.1, -0.05) is 0 Å². The molecule has 0 saturated heterocycles. The fraction of sp³-hybridized carbons (Fsp3) is 0.333. The highest BCUT2D eigenvalue weighted by Crippen LogP contribution is 2.31. The summed E-state index contributed by atoms with van der Waals surface area (Å²) in [6, 6.07) is 2.23. The van der Waals surface area contributed by atoms with Crippen LogP contribution in [-0.2, 0) is 12.6 Å². The maximum Gasteiger partial charge on any atom is 0.420 e. The lowest BCUT2D eigenvalue weighted by atomic mass is 10.2. The van der Waals surface area contributed by atoms with Gasteiger partial charge < -0.3 is 5.11 Å². The Morgan fingerprint density at radius 2 is 2.06 bits per heavy atom. The molecule has 0 atom stereocenters. The fourth-order valence-electron chi connectivity index (χ4n) is 1.46. The van der Waals surface area contributed by atoms with Gasteiger partial charge in [-0.3, -0.25) is 4.40 Å². The standard InChI is InChI=1S/C9H8F3N3O/c10-9(11,12)6-2-1-4-15-7(3-5-16)13-14-8(6)15/h1-2,4,16H,3,5H2. The quantitative estimate of drug-likeness (QED) is 0.847. The highest BCUT2D eigenvalue weighted by Gasteiger charge is 2.34. The Balaban J connectivity index is 2.62. The molecule has 0 aliphatic heterocycles. The average Bonchev–Trinajstić information content (AvgIpc) is 2.61. The molecule has 2 heterocycles. The minimum atomic E-state index is -4.45. The zero-order valence-electron chi connectivity index (χ0n) is 8.07. The molecule has 0 fully saturated rings. The molecule has 0 aliphatic rings. The van der Waals surface area contributed by atoms with Gasteiger partial charge in [0.15, 0.2) is 5.65 Å². The predicted octanol–water partition coefficient (Wildman–Crippen LogP) is 1.28. The number of pyridine rings is 1. The second-order valence-electron chi connectivity index (χ2n) is 3.20. The molecule has 0 unspecified atom stereocenters. The first-order valence-electron chi connectivity index (χ1n) is 4.54. The van der Waals surface area contributed by atoms with Crippen LogP contribution in [0.5, 0.6) is 0 Å². The van der Waals surface area contributed by atoms with Gasteiger partial charge in [-0.05, 0) is 12.1 Å². The number of fused-ring (bicyclic) bond motifs is 1. The van der Waals surface area contributed by atoms with Crippen LogP contribution in [0.2, 0.25) is 0 Å². The van der Waals surface area contributed by atoms with E-state index in [-0.39, 0.29) is 18.7 Å². The third-order valence-electron chi connectivity index (χ3n) is 2.15. The average molecular weight is 231 g/mol. The Bertz CT molecular complexity index is 506. The lowest BCUT2D eigenvalue weighted by Gasteiger charge is -2.07. The lowest BCUT2D eigenvalue weighted by molar-refractivity contribution is -0.136. The van der Waals surface area contributed by atoms with Crippen LogP contribution in [0.15, 0.2) is 18.3 Å². The number of hydrogen-bond donors (Lipinski definition) is 1. The second kappa shape index (κ2) is 3.75. The van der Waals surface area contributed by atoms with Gasteiger partial charge in [0.1, 0.15) is 11.4 Å². The Labute approximate surface area is 88.3 Å². The summed E-state index contributed by atoms with van der Waals surface area (Å²) >= 11 is 0. The molecule has 0 aliphatic carbocycles. The molecule has 0 radical (unpaired) electrons. The first-order chi connectivity index (χ1) is 7.54. The smallest absolute Gasteiger partial charge is 0.396 e. The van der Waals surface area contributed by atoms with Crippen molar-refractivity contribution in [2.75, 3.05) is 6.61 Å². The fourth-order valence-corrected chi connectivity index (χ4v) is 1.46. The number of alkyl halides is 3. The van der Waals surface area contributed by atoms with Gasteiger partial charge in [0.25, 0.3) is 0 Å². The molecule has 0 aromatic carbocycles. The van der Waals surface area contributed by atoms with Crippen LogP contribution >= 0.6 is 0 Å². The molecule has 7 heteroatoms. The summed E-state index contributed by atoms with van der Waals surface area (Å²) in [6.07, 6.45) is -2.84. The van der Waals surface area contributed by atoms with Crippen molar-refractivity contribution in [3.05, 3.63) is 29.7 Å². The zero-order chi connectivity index (χ0) is 11.8. The van der Waals surface area contributed by atoms with Crippen molar-refractivity contribution in [2.45, 2.75) is 12.6 Å². The number of nitrogens with zero attached hydrogens (tertiary/aromatic N) is 3. The molecule has 16 heavy (non-hydrogen) atoms. The molecule has 0 amide bonds. The molecule has 4 nitrogen and oxygen atoms in total. The highest BCUT2D eigenvalue weighted by molar-refractivity contribution is 5.49. The van der Waals surface area contributed by atoms with E-state index in [0.29, 0.717) is 5.82 Å². The maximum absolute atomic E-state index is 12.6. The molecular formula is C9H8F3N3O. The monoisotopic (exact) mass is 231 g/mol. The molecule has 2 aromatic heterocycles. The van der Waals surface area contributed by atoms with E-state index in [4.69, 9.17) is 5.11 Å². The van der Waals surface area contributed by atoms with Crippen molar-refractivity contribution in [3.63, 3.8) is 0 Å². The van der Waals surface area contributed by atoms with Gasteiger partial charge in [-0.25, -0.2) is 0 Å². The SMILES string of the molecule is OCCc1nnc2c(C(F)(F)F)cccn12. The molecule has 2 aromatic rings. The summed E-state index contributed by atoms with van der Waals surface area (Å²) in [4.78, 5) is 0. The highest BCUT2D eigenvalue weighted by atomic mass is 19.4. The number of aliphatic hydroxyl groups excluding tert-OH is 1. The van der Waals surface area contributed by atoms with Crippen LogP contribution in [0.4, 0.5) is 13.2 Å². The third-order valence-corrected chi connectivity index (χ3v) is 2.15. The van der Waals surface area contributed by atoms with Crippen LogP contribution in [0.3, 0.4) is 0 Å². The molecular weight excluding hydrogens is 223 g/mol. The van der Waals surface area contributed by atoms with E-state index in [1.165, 1.54) is 16.7 Å². The van der Waals surface area contributed by atoms with Crippen LogP contribution in [-0.4, -0.2) is 26.3 Å². The Morgan fingerprint density at radius 3 is 2.69 bits per heavy atom. The normalized spacial score (nSPS) is 12.2. The predicted molar refractivity (Wildman–Crippen MR) is 48.8 cm³/mol. The Hall–Kier alpha value is -1.63. The van der Waals surface area contributed by atoms with Crippen molar-refractivity contribution in [1.82, 2.24) is 14.6 Å². The molecule has 0 saturated carbocycles. The van der Waals surface area contributed by atoms with Crippen molar-refractivity contribution in [2.24, 2.45) is 0 Å². The summed E-state index contributed by atoms with van der Waals surface area (Å²) in [5.74, 6) is 0.309. The van der Waals surface area contributed by atoms with E-state index in [1.54, 1.807) is 0 Å². The summed E-state index contributed by atoms with van der Waals surface area (Å²) < 4.78 is 39.0. The molecule has 86 valence electrons. The van der Waals surface area contributed by atoms with Crippen molar-refractivity contribution >= 4 is 5.65 Å². The zero-order valence-corrected chi connectivity index (χ0v) is 8.07. The van der Waals surface area contributed by atoms with Gasteiger partial charge in [-0.2, -0.15) is 13.2 Å². The summed E-state index contributed by atoms with van der Waals surface area (Å²) in [7, 11) is 0. The number of halogens is 3. The number of rotatable bonds is 2. The third kappa shape index (κ3) is 1.73. The number of hydrogen-bond acceptors (Lipinski definition) is 3. The molecule has 0 bridgehead atoms. The Morgan fingerprint density at radius 1 is 1.31 bits per heavy atom. The minimum Gasteiger partial charge on any atom is -0.396 e. The first-order valence-corrected chi connectivity index (χ1v) is 4.54. The van der Waals surface area contributed by atoms with E-state index < -0.39 is 11.7 Å². The molecule has 2 rings (SSSR count). The van der Waals surface area contributed by atoms with Gasteiger partial charge >= 0.3 is 6.18 Å². The maximum atomic E-state index is 12.6. The van der Waals surface area contributed by atoms with Crippen LogP contribution in [0, 0.1) is 0 Å². The van der Waals surface area contributed by atoms with Gasteiger partial charge in [0.05, 0.1) is 6.61 Å². The van der Waals surface area contributed by atoms with E-state index >= 15 is 0 Å². The number of aliphatic hydroxyl groups is 1. The van der Waals surface area contributed by atoms with Gasteiger partial charge in [0, 0.05) is 12.6 Å². The summed E-state index contributed by atoms with van der Waals surface area (Å²) in [6.45, 7) is -0.183. The van der Waals surface area contributed by atoms with E-state index in [1.807, 2.05) is 0 Å². The van der Waals surface area contributed by atoms with Crippen LogP contribution < -0.4 is 0 Å². The minimum absolute atomic E-state index is 0.169. The Kier molecular flexibility index (Phi) is 2.55. The van der Waals surface area contributed by atoms with Crippen molar-refractivity contribution in [1.29, 1.82) is 0 Å². The first kappa shape index (κ1) is 10.9. The van der Waals surface area contributed by atoms with Crippen LogP contribution in [0.1, 0.15) is 11.4 Å². The topological polar surface area (TPSA) is 50.4 Å².